The van der Waals surface area contributed by atoms with Crippen LogP contribution >= 0.6 is 0 Å². The van der Waals surface area contributed by atoms with Crippen molar-refractivity contribution in [2.24, 2.45) is 0 Å². The average molecular weight is 285 g/mol. The largest absolute Gasteiger partial charge is 0.241 e. The van der Waals surface area contributed by atoms with Gasteiger partial charge < -0.3 is 0 Å². The Balaban J connectivity index is 0.000000963. The van der Waals surface area contributed by atoms with E-state index in [9.17, 15) is 0 Å². The molecule has 0 bridgehead atoms. The van der Waals surface area contributed by atoms with Crippen LogP contribution in [0.1, 0.15) is 38.5 Å². The van der Waals surface area contributed by atoms with Crippen LogP contribution in [0.5, 0.6) is 0 Å². The standard InChI is InChI=1S/C14H17B.Y/c1-10-8-11-6-7-15-14-5-3-2-4-12(14)13(11)9-10;/h9H,1-8H2;/q-1;. The van der Waals surface area contributed by atoms with E-state index in [4.69, 9.17) is 0 Å². The van der Waals surface area contributed by atoms with Crippen molar-refractivity contribution in [1.29, 1.82) is 0 Å². The van der Waals surface area contributed by atoms with Gasteiger partial charge in [0.25, 0.3) is 0 Å². The predicted octanol–water partition coefficient (Wildman–Crippen LogP) is 3.80. The van der Waals surface area contributed by atoms with Crippen molar-refractivity contribution in [2.75, 3.05) is 0 Å². The van der Waals surface area contributed by atoms with Crippen molar-refractivity contribution in [2.45, 2.75) is 44.8 Å². The van der Waals surface area contributed by atoms with Gasteiger partial charge in [-0.25, -0.2) is 12.5 Å². The molecule has 0 N–H and O–H groups in total. The van der Waals surface area contributed by atoms with Crippen molar-refractivity contribution < 1.29 is 32.7 Å². The minimum Gasteiger partial charge on any atom is -0.241 e. The van der Waals surface area contributed by atoms with E-state index in [2.05, 4.69) is 20.3 Å². The van der Waals surface area contributed by atoms with Gasteiger partial charge in [0.1, 0.15) is 7.28 Å². The second-order valence-electron chi connectivity index (χ2n) is 4.95. The van der Waals surface area contributed by atoms with Crippen LogP contribution in [0.15, 0.2) is 33.8 Å². The SMILES string of the molecule is [CH2-]C1=CC2=C(CC[B]C3=C2CCCC3)C1.[Y]. The summed E-state index contributed by atoms with van der Waals surface area (Å²) in [6, 6.07) is 0. The van der Waals surface area contributed by atoms with Crippen molar-refractivity contribution in [3.05, 3.63) is 40.8 Å². The summed E-state index contributed by atoms with van der Waals surface area (Å²) >= 11 is 0. The zero-order valence-electron chi connectivity index (χ0n) is 9.89. The number of fused-ring (bicyclic) bond motifs is 1. The zero-order chi connectivity index (χ0) is 10.3. The third-order valence-corrected chi connectivity index (χ3v) is 3.84. The van der Waals surface area contributed by atoms with Gasteiger partial charge in [0.2, 0.25) is 0 Å². The van der Waals surface area contributed by atoms with Gasteiger partial charge in [0.05, 0.1) is 0 Å². The van der Waals surface area contributed by atoms with Crippen LogP contribution in [0.2, 0.25) is 6.32 Å². The molecule has 16 heavy (non-hydrogen) atoms. The van der Waals surface area contributed by atoms with Crippen molar-refractivity contribution in [3.63, 3.8) is 0 Å². The molecule has 2 aliphatic carbocycles. The van der Waals surface area contributed by atoms with Gasteiger partial charge in [-0.05, 0) is 32.1 Å². The Morgan fingerprint density at radius 2 is 1.94 bits per heavy atom. The van der Waals surface area contributed by atoms with Crippen LogP contribution in [0.4, 0.5) is 0 Å². The zero-order valence-corrected chi connectivity index (χ0v) is 12.7. The van der Waals surface area contributed by atoms with Crippen LogP contribution in [0, 0.1) is 6.92 Å². The molecule has 80 valence electrons. The molecule has 2 heteroatoms. The number of allylic oxidation sites excluding steroid dienone is 6. The Morgan fingerprint density at radius 3 is 2.81 bits per heavy atom. The van der Waals surface area contributed by atoms with E-state index in [1.807, 2.05) is 0 Å². The molecule has 1 heterocycles. The van der Waals surface area contributed by atoms with Crippen molar-refractivity contribution in [1.82, 2.24) is 0 Å². The summed E-state index contributed by atoms with van der Waals surface area (Å²) in [4.78, 5) is 0. The molecule has 0 aromatic rings. The molecule has 1 aliphatic heterocycles. The van der Waals surface area contributed by atoms with Gasteiger partial charge in [0.15, 0.2) is 0 Å². The topological polar surface area (TPSA) is 0 Å². The monoisotopic (exact) mass is 285 g/mol. The van der Waals surface area contributed by atoms with Crippen LogP contribution in [0.3, 0.4) is 0 Å². The summed E-state index contributed by atoms with van der Waals surface area (Å²) in [5.74, 6) is 0. The van der Waals surface area contributed by atoms with Crippen LogP contribution < -0.4 is 0 Å². The Labute approximate surface area is 125 Å². The van der Waals surface area contributed by atoms with Gasteiger partial charge in [-0.2, -0.15) is 6.08 Å². The summed E-state index contributed by atoms with van der Waals surface area (Å²) in [5, 5.41) is 0. The van der Waals surface area contributed by atoms with Gasteiger partial charge in [-0.1, -0.05) is 23.9 Å². The van der Waals surface area contributed by atoms with Crippen molar-refractivity contribution in [3.8, 4) is 0 Å². The molecule has 3 rings (SSSR count). The second-order valence-corrected chi connectivity index (χ2v) is 4.95. The van der Waals surface area contributed by atoms with Gasteiger partial charge in [-0.3, -0.25) is 0 Å². The summed E-state index contributed by atoms with van der Waals surface area (Å²) in [7, 11) is 2.49. The molecule has 0 amide bonds. The molecule has 0 atom stereocenters. The third-order valence-electron chi connectivity index (χ3n) is 3.84. The van der Waals surface area contributed by atoms with E-state index in [-0.39, 0.29) is 32.7 Å². The fourth-order valence-electron chi connectivity index (χ4n) is 3.13. The summed E-state index contributed by atoms with van der Waals surface area (Å²) in [6.45, 7) is 4.12. The van der Waals surface area contributed by atoms with Gasteiger partial charge >= 0.3 is 0 Å². The van der Waals surface area contributed by atoms with E-state index in [0.717, 1.165) is 6.42 Å². The predicted molar refractivity (Wildman–Crippen MR) is 65.8 cm³/mol. The first-order chi connectivity index (χ1) is 7.34. The molecule has 0 saturated heterocycles. The Hall–Kier alpha value is 0.259. The van der Waals surface area contributed by atoms with E-state index in [0.29, 0.717) is 0 Å². The molecule has 0 aromatic heterocycles. The number of hydrogen-bond acceptors (Lipinski definition) is 0. The van der Waals surface area contributed by atoms with E-state index in [1.165, 1.54) is 44.0 Å². The smallest absolute Gasteiger partial charge is 0.146 e. The molecular weight excluding hydrogens is 268 g/mol. The summed E-state index contributed by atoms with van der Waals surface area (Å²) < 4.78 is 0. The van der Waals surface area contributed by atoms with E-state index >= 15 is 0 Å². The number of rotatable bonds is 0. The molecule has 2 radical (unpaired) electrons. The summed E-state index contributed by atoms with van der Waals surface area (Å²) in [6.07, 6.45) is 11.4. The first-order valence-electron chi connectivity index (χ1n) is 6.15. The van der Waals surface area contributed by atoms with Crippen LogP contribution in [-0.4, -0.2) is 7.28 Å². The molecule has 0 spiro atoms. The second kappa shape index (κ2) is 5.27. The Morgan fingerprint density at radius 1 is 1.12 bits per heavy atom. The minimum atomic E-state index is 0. The third kappa shape index (κ3) is 2.27. The fraction of sp³-hybridized carbons (Fsp3) is 0.500. The minimum absolute atomic E-state index is 0. The van der Waals surface area contributed by atoms with E-state index in [1.54, 1.807) is 22.2 Å². The maximum Gasteiger partial charge on any atom is 0.146 e. The molecule has 0 fully saturated rings. The molecule has 0 unspecified atom stereocenters. The average Bonchev–Trinajstić information content (AvgIpc) is 2.52. The maximum absolute atomic E-state index is 4.12. The Kier molecular flexibility index (Phi) is 4.19. The molecule has 0 nitrogen and oxygen atoms in total. The number of hydrogen-bond donors (Lipinski definition) is 0. The van der Waals surface area contributed by atoms with Crippen molar-refractivity contribution >= 4 is 7.28 Å². The van der Waals surface area contributed by atoms with Crippen LogP contribution in [-0.2, 0) is 32.7 Å². The molecule has 0 saturated carbocycles. The van der Waals surface area contributed by atoms with E-state index < -0.39 is 0 Å². The van der Waals surface area contributed by atoms with Gasteiger partial charge in [-0.15, -0.1) is 11.0 Å². The normalized spacial score (nSPS) is 23.9. The first-order valence-corrected chi connectivity index (χ1v) is 6.15. The quantitative estimate of drug-likeness (QED) is 0.469. The van der Waals surface area contributed by atoms with Gasteiger partial charge in [0, 0.05) is 32.7 Å². The maximum atomic E-state index is 4.12. The first kappa shape index (κ1) is 12.7. The van der Waals surface area contributed by atoms with Crippen LogP contribution in [0.25, 0.3) is 0 Å². The summed E-state index contributed by atoms with van der Waals surface area (Å²) in [5.41, 5.74) is 7.86. The fourth-order valence-corrected chi connectivity index (χ4v) is 3.13. The molecule has 3 aliphatic rings. The molecular formula is C14H17BY-. The molecule has 0 aromatic carbocycles. The Bertz CT molecular complexity index is 388.